The minimum absolute atomic E-state index is 0.0308. The first-order chi connectivity index (χ1) is 34.0. The topological polar surface area (TPSA) is 231 Å². The third kappa shape index (κ3) is 11.7. The van der Waals surface area contributed by atoms with E-state index in [1.54, 1.807) is 66.5 Å². The average Bonchev–Trinajstić information content (AvgIpc) is 3.78. The summed E-state index contributed by atoms with van der Waals surface area (Å²) < 4.78 is 22.8. The molecule has 21 heteroatoms. The molecule has 10 heterocycles. The molecule has 0 amide bonds. The summed E-state index contributed by atoms with van der Waals surface area (Å²) in [6.07, 6.45) is 18.0. The van der Waals surface area contributed by atoms with Gasteiger partial charge in [0.15, 0.2) is 28.2 Å². The van der Waals surface area contributed by atoms with Gasteiger partial charge in [0, 0.05) is 35.9 Å². The summed E-state index contributed by atoms with van der Waals surface area (Å²) in [6.45, 7) is 33.0. The number of fused-ring (bicyclic) bond motifs is 5. The van der Waals surface area contributed by atoms with E-state index in [0.29, 0.717) is 27.7 Å². The minimum atomic E-state index is -0.564. The maximum atomic E-state index is 13.5. The maximum absolute atomic E-state index is 13.5. The molecule has 10 aromatic rings. The minimum Gasteiger partial charge on any atom is -0.398 e. The highest BCUT2D eigenvalue weighted by molar-refractivity contribution is 6.35. The fourth-order valence-electron chi connectivity index (χ4n) is 7.80. The second-order valence-corrected chi connectivity index (χ2v) is 23.4. The highest BCUT2D eigenvalue weighted by Gasteiger charge is 2.29. The molecule has 4 N–H and O–H groups in total. The highest BCUT2D eigenvalue weighted by Crippen LogP contribution is 2.41. The molecule has 19 nitrogen and oxygen atoms in total. The molecule has 0 bridgehead atoms. The Balaban J connectivity index is 0.000000134. The van der Waals surface area contributed by atoms with Gasteiger partial charge in [0.2, 0.25) is 5.95 Å². The van der Waals surface area contributed by atoms with Crippen LogP contribution in [0.1, 0.15) is 134 Å². The first kappa shape index (κ1) is 53.6. The molecular formula is C52H69ClFN19. The van der Waals surface area contributed by atoms with Crippen LogP contribution in [0.25, 0.3) is 55.2 Å². The monoisotopic (exact) mass is 1010 g/mol. The number of halogens is 2. The van der Waals surface area contributed by atoms with Crippen LogP contribution in [0.5, 0.6) is 0 Å². The van der Waals surface area contributed by atoms with E-state index in [2.05, 4.69) is 143 Å². The second kappa shape index (κ2) is 20.0. The summed E-state index contributed by atoms with van der Waals surface area (Å²) in [5.74, 6) is 0.0774. The fraction of sp³-hybridized carbons (Fsp3) is 0.462. The number of nitrogens with zero attached hydrogens (tertiary/aromatic N) is 17. The molecule has 1 aliphatic rings. The summed E-state index contributed by atoms with van der Waals surface area (Å²) in [4.78, 5) is 29.8. The third-order valence-corrected chi connectivity index (χ3v) is 11.9. The predicted octanol–water partition coefficient (Wildman–Crippen LogP) is 10.9. The van der Waals surface area contributed by atoms with E-state index in [-0.39, 0.29) is 27.7 Å². The van der Waals surface area contributed by atoms with Crippen molar-refractivity contribution < 1.29 is 4.39 Å². The van der Waals surface area contributed by atoms with Gasteiger partial charge >= 0.3 is 0 Å². The quantitative estimate of drug-likeness (QED) is 0.156. The molecule has 0 saturated heterocycles. The number of aromatic nitrogens is 17. The van der Waals surface area contributed by atoms with Crippen LogP contribution < -0.4 is 11.5 Å². The predicted molar refractivity (Wildman–Crippen MR) is 289 cm³/mol. The zero-order valence-corrected chi connectivity index (χ0v) is 45.7. The SMILES string of the molecule is CC(C)(C)n1nc(F)c2c(N)ccnc21.CC(C)(C)n1ncc2c(C3CC3)ncnc21.CC(C)(C)n1ncc2c(Cl)ccnc21.CC(C)(C)n1ncc2c(N)ccnc21.Cc1ncnc2c1cnn2C(C)(C)C. The number of hydrogen-bond donors (Lipinski definition) is 2. The Hall–Kier alpha value is -7.22. The van der Waals surface area contributed by atoms with Crippen molar-refractivity contribution in [1.82, 2.24) is 83.8 Å². The fourth-order valence-corrected chi connectivity index (χ4v) is 7.99. The second-order valence-electron chi connectivity index (χ2n) is 23.0. The van der Waals surface area contributed by atoms with Crippen LogP contribution in [0.3, 0.4) is 0 Å². The number of hydrogen-bond acceptors (Lipinski definition) is 14. The molecule has 1 fully saturated rings. The van der Waals surface area contributed by atoms with E-state index >= 15 is 0 Å². The highest BCUT2D eigenvalue weighted by atomic mass is 35.5. The van der Waals surface area contributed by atoms with E-state index in [1.807, 2.05) is 58.8 Å². The molecule has 0 unspecified atom stereocenters. The molecule has 386 valence electrons. The lowest BCUT2D eigenvalue weighted by atomic mass is 10.1. The van der Waals surface area contributed by atoms with Gasteiger partial charge in [-0.3, -0.25) is 0 Å². The Morgan fingerprint density at radius 3 is 1.38 bits per heavy atom. The Morgan fingerprint density at radius 2 is 0.877 bits per heavy atom. The Morgan fingerprint density at radius 1 is 0.479 bits per heavy atom. The Kier molecular flexibility index (Phi) is 14.7. The molecule has 1 aliphatic carbocycles. The van der Waals surface area contributed by atoms with Crippen molar-refractivity contribution in [1.29, 1.82) is 0 Å². The van der Waals surface area contributed by atoms with Gasteiger partial charge in [0.1, 0.15) is 12.7 Å². The van der Waals surface area contributed by atoms with Crippen molar-refractivity contribution in [2.24, 2.45) is 0 Å². The van der Waals surface area contributed by atoms with Crippen LogP contribution in [-0.4, -0.2) is 83.8 Å². The first-order valence-corrected chi connectivity index (χ1v) is 24.6. The smallest absolute Gasteiger partial charge is 0.244 e. The van der Waals surface area contributed by atoms with Crippen LogP contribution in [-0.2, 0) is 27.7 Å². The van der Waals surface area contributed by atoms with Crippen LogP contribution >= 0.6 is 11.6 Å². The van der Waals surface area contributed by atoms with Gasteiger partial charge in [-0.15, -0.1) is 5.10 Å². The summed E-state index contributed by atoms with van der Waals surface area (Å²) in [5.41, 5.74) is 18.3. The van der Waals surface area contributed by atoms with Gasteiger partial charge in [-0.1, -0.05) is 11.6 Å². The number of pyridine rings is 3. The molecule has 0 radical (unpaired) electrons. The van der Waals surface area contributed by atoms with Crippen LogP contribution in [0, 0.1) is 12.9 Å². The van der Waals surface area contributed by atoms with Crippen molar-refractivity contribution in [3.05, 3.63) is 96.6 Å². The van der Waals surface area contributed by atoms with E-state index < -0.39 is 5.95 Å². The molecule has 0 spiro atoms. The van der Waals surface area contributed by atoms with Crippen molar-refractivity contribution in [2.45, 2.75) is 157 Å². The van der Waals surface area contributed by atoms with E-state index in [9.17, 15) is 4.39 Å². The summed E-state index contributed by atoms with van der Waals surface area (Å²) in [6, 6.07) is 5.13. The Bertz CT molecular complexity index is 3310. The van der Waals surface area contributed by atoms with Gasteiger partial charge in [-0.05, 0) is 142 Å². The summed E-state index contributed by atoms with van der Waals surface area (Å²) in [7, 11) is 0. The van der Waals surface area contributed by atoms with Gasteiger partial charge in [-0.2, -0.15) is 24.8 Å². The van der Waals surface area contributed by atoms with Gasteiger partial charge in [-0.25, -0.2) is 58.3 Å². The van der Waals surface area contributed by atoms with Crippen LogP contribution in [0.15, 0.2) is 74.2 Å². The average molecular weight is 1010 g/mol. The Labute approximate surface area is 430 Å². The normalized spacial score (nSPS) is 13.3. The number of nitrogens with two attached hydrogens (primary N) is 2. The number of aryl methyl sites for hydroxylation is 1. The lowest BCUT2D eigenvalue weighted by molar-refractivity contribution is 0.351. The molecule has 1 saturated carbocycles. The van der Waals surface area contributed by atoms with E-state index in [4.69, 9.17) is 23.1 Å². The molecule has 10 aromatic heterocycles. The molecule has 0 aromatic carbocycles. The van der Waals surface area contributed by atoms with E-state index in [1.165, 1.54) is 18.5 Å². The van der Waals surface area contributed by atoms with Gasteiger partial charge in [0.25, 0.3) is 0 Å². The maximum Gasteiger partial charge on any atom is 0.244 e. The largest absolute Gasteiger partial charge is 0.398 e. The first-order valence-electron chi connectivity index (χ1n) is 24.2. The zero-order valence-electron chi connectivity index (χ0n) is 44.9. The van der Waals surface area contributed by atoms with Gasteiger partial charge in [0.05, 0.1) is 95.8 Å². The molecule has 73 heavy (non-hydrogen) atoms. The molecule has 0 aliphatic heterocycles. The van der Waals surface area contributed by atoms with E-state index in [0.717, 1.165) is 55.5 Å². The lowest BCUT2D eigenvalue weighted by Crippen LogP contribution is -2.23. The standard InChI is InChI=1S/C12H16N4.C10H12ClN3.C10H13FN4.2C10H14N4/c1-12(2,3)16-11-9(6-15-16)10(8-4-5-8)13-7-14-11;1-10(2,3)14-9-7(6-13-14)8(11)4-5-12-9;1-10(2,3)15-9-7(8(11)14-15)6(12)4-5-13-9;1-7-8-5-13-14(10(2,3)4)9(8)12-6-11-7;1-10(2,3)14-9-7(6-13-14)8(11)4-5-12-9/h6-8H,4-5H2,1-3H3;4-6H,1-3H3;4-5H,1-3H3,(H2,12,13);5-6H,1-4H3;4-6H,1-3H3,(H2,11,12). The molecule has 0 atom stereocenters. The zero-order chi connectivity index (χ0) is 53.6. The lowest BCUT2D eigenvalue weighted by Gasteiger charge is -2.19. The summed E-state index contributed by atoms with van der Waals surface area (Å²) >= 11 is 6.03. The van der Waals surface area contributed by atoms with Gasteiger partial charge < -0.3 is 11.5 Å². The van der Waals surface area contributed by atoms with Crippen molar-refractivity contribution >= 4 is 78.1 Å². The molecule has 11 rings (SSSR count). The number of nitrogen functional groups attached to an aromatic ring is 2. The van der Waals surface area contributed by atoms with Crippen LogP contribution in [0.2, 0.25) is 5.02 Å². The molecular weight excluding hydrogens is 945 g/mol. The van der Waals surface area contributed by atoms with Crippen molar-refractivity contribution in [3.63, 3.8) is 0 Å². The number of anilines is 2. The van der Waals surface area contributed by atoms with Crippen LogP contribution in [0.4, 0.5) is 15.8 Å². The van der Waals surface area contributed by atoms with Crippen molar-refractivity contribution in [2.75, 3.05) is 11.5 Å². The summed E-state index contributed by atoms with van der Waals surface area (Å²) in [5, 5.41) is 26.2. The van der Waals surface area contributed by atoms with Crippen molar-refractivity contribution in [3.8, 4) is 0 Å². The third-order valence-electron chi connectivity index (χ3n) is 11.6. The number of rotatable bonds is 1.